The van der Waals surface area contributed by atoms with Crippen LogP contribution in [0.15, 0.2) is 35.4 Å². The molecule has 1 aromatic carbocycles. The average molecular weight is 397 g/mol. The molecule has 5 nitrogen and oxygen atoms in total. The molecule has 2 aromatic heterocycles. The third-order valence-electron chi connectivity index (χ3n) is 3.72. The van der Waals surface area contributed by atoms with E-state index in [1.165, 1.54) is 6.20 Å². The number of hydrogen-bond donors (Lipinski definition) is 1. The van der Waals surface area contributed by atoms with Crippen LogP contribution in [0.1, 0.15) is 29.8 Å². The summed E-state index contributed by atoms with van der Waals surface area (Å²) in [6.07, 6.45) is 4.04. The van der Waals surface area contributed by atoms with E-state index in [-0.39, 0.29) is 16.8 Å². The molecule has 1 atom stereocenters. The van der Waals surface area contributed by atoms with Gasteiger partial charge < -0.3 is 5.32 Å². The van der Waals surface area contributed by atoms with Crippen LogP contribution in [0, 0.1) is 11.6 Å². The number of nitrogens with one attached hydrogen (secondary N) is 1. The summed E-state index contributed by atoms with van der Waals surface area (Å²) >= 11 is 7.71. The molecule has 0 saturated carbocycles. The predicted molar refractivity (Wildman–Crippen MR) is 98.3 cm³/mol. The summed E-state index contributed by atoms with van der Waals surface area (Å²) in [6.45, 7) is 3.93. The SMILES string of the molecule is CCc1cnc(C(C)Nc2cnn(-c3ccc(F)cc3F)c(=O)c2Cl)s1. The van der Waals surface area contributed by atoms with Gasteiger partial charge in [0, 0.05) is 17.1 Å². The molecule has 136 valence electrons. The lowest BCUT2D eigenvalue weighted by Gasteiger charge is -2.14. The van der Waals surface area contributed by atoms with Crippen molar-refractivity contribution >= 4 is 28.6 Å². The van der Waals surface area contributed by atoms with Crippen LogP contribution in [0.2, 0.25) is 5.02 Å². The number of anilines is 1. The molecule has 0 saturated heterocycles. The van der Waals surface area contributed by atoms with Crippen LogP contribution in [0.25, 0.3) is 5.69 Å². The van der Waals surface area contributed by atoms with E-state index in [4.69, 9.17) is 11.6 Å². The van der Waals surface area contributed by atoms with Crippen LogP contribution < -0.4 is 10.9 Å². The molecule has 0 aliphatic carbocycles. The summed E-state index contributed by atoms with van der Waals surface area (Å²) < 4.78 is 27.8. The number of nitrogens with zero attached hydrogens (tertiary/aromatic N) is 3. The molecule has 3 aromatic rings. The van der Waals surface area contributed by atoms with Gasteiger partial charge in [0.25, 0.3) is 5.56 Å². The van der Waals surface area contributed by atoms with Gasteiger partial charge in [0.1, 0.15) is 21.5 Å². The monoisotopic (exact) mass is 396 g/mol. The second-order valence-electron chi connectivity index (χ2n) is 5.57. The van der Waals surface area contributed by atoms with E-state index in [1.54, 1.807) is 11.3 Å². The van der Waals surface area contributed by atoms with Gasteiger partial charge in [-0.2, -0.15) is 9.78 Å². The zero-order valence-electron chi connectivity index (χ0n) is 14.0. The lowest BCUT2D eigenvalue weighted by Crippen LogP contribution is -2.24. The van der Waals surface area contributed by atoms with Crippen LogP contribution in [-0.4, -0.2) is 14.8 Å². The molecule has 0 aliphatic heterocycles. The molecule has 1 unspecified atom stereocenters. The van der Waals surface area contributed by atoms with Gasteiger partial charge in [0.2, 0.25) is 0 Å². The van der Waals surface area contributed by atoms with Crippen molar-refractivity contribution in [1.29, 1.82) is 0 Å². The van der Waals surface area contributed by atoms with E-state index >= 15 is 0 Å². The average Bonchev–Trinajstić information content (AvgIpc) is 3.09. The van der Waals surface area contributed by atoms with E-state index < -0.39 is 17.2 Å². The first kappa shape index (κ1) is 18.5. The molecule has 0 fully saturated rings. The molecule has 0 bridgehead atoms. The Bertz CT molecular complexity index is 1000. The fourth-order valence-corrected chi connectivity index (χ4v) is 3.38. The zero-order valence-corrected chi connectivity index (χ0v) is 15.5. The smallest absolute Gasteiger partial charge is 0.292 e. The van der Waals surface area contributed by atoms with Crippen molar-refractivity contribution in [3.63, 3.8) is 0 Å². The number of halogens is 3. The first-order chi connectivity index (χ1) is 12.4. The molecular weight excluding hydrogens is 382 g/mol. The van der Waals surface area contributed by atoms with Gasteiger partial charge in [-0.25, -0.2) is 13.8 Å². The molecule has 1 N–H and O–H groups in total. The highest BCUT2D eigenvalue weighted by Crippen LogP contribution is 2.26. The minimum Gasteiger partial charge on any atom is -0.373 e. The number of aromatic nitrogens is 3. The first-order valence-electron chi connectivity index (χ1n) is 7.85. The number of benzene rings is 1. The summed E-state index contributed by atoms with van der Waals surface area (Å²) in [7, 11) is 0. The van der Waals surface area contributed by atoms with Gasteiger partial charge in [0.05, 0.1) is 17.9 Å². The Balaban J connectivity index is 1.91. The van der Waals surface area contributed by atoms with E-state index in [0.717, 1.165) is 33.1 Å². The van der Waals surface area contributed by atoms with E-state index in [2.05, 4.69) is 15.4 Å². The van der Waals surface area contributed by atoms with Crippen molar-refractivity contribution in [3.05, 3.63) is 67.5 Å². The van der Waals surface area contributed by atoms with Crippen LogP contribution in [0.5, 0.6) is 0 Å². The van der Waals surface area contributed by atoms with Crippen molar-refractivity contribution in [3.8, 4) is 5.69 Å². The summed E-state index contributed by atoms with van der Waals surface area (Å²) in [4.78, 5) is 17.9. The highest BCUT2D eigenvalue weighted by atomic mass is 35.5. The standard InChI is InChI=1S/C17H15ClF2N4OS/c1-3-11-7-21-16(26-11)9(2)23-13-8-22-24(17(25)15(13)18)14-5-4-10(19)6-12(14)20/h4-9,23H,3H2,1-2H3. The normalized spacial score (nSPS) is 12.2. The van der Waals surface area contributed by atoms with Crippen molar-refractivity contribution in [2.75, 3.05) is 5.32 Å². The second-order valence-corrected chi connectivity index (χ2v) is 7.09. The highest BCUT2D eigenvalue weighted by Gasteiger charge is 2.17. The summed E-state index contributed by atoms with van der Waals surface area (Å²) in [5, 5.41) is 7.76. The Morgan fingerprint density at radius 3 is 2.77 bits per heavy atom. The Morgan fingerprint density at radius 1 is 1.35 bits per heavy atom. The highest BCUT2D eigenvalue weighted by molar-refractivity contribution is 7.11. The minimum absolute atomic E-state index is 0.136. The number of rotatable bonds is 5. The van der Waals surface area contributed by atoms with Crippen LogP contribution in [0.3, 0.4) is 0 Å². The van der Waals surface area contributed by atoms with Crippen molar-refractivity contribution in [1.82, 2.24) is 14.8 Å². The number of thiazole rings is 1. The predicted octanol–water partition coefficient (Wildman–Crippen LogP) is 4.36. The summed E-state index contributed by atoms with van der Waals surface area (Å²) in [5.41, 5.74) is -0.565. The molecule has 0 amide bonds. The minimum atomic E-state index is -0.903. The topological polar surface area (TPSA) is 59.8 Å². The van der Waals surface area contributed by atoms with E-state index in [1.807, 2.05) is 20.0 Å². The van der Waals surface area contributed by atoms with Gasteiger partial charge in [-0.3, -0.25) is 4.79 Å². The molecule has 3 rings (SSSR count). The molecule has 0 radical (unpaired) electrons. The lowest BCUT2D eigenvalue weighted by atomic mass is 10.3. The third-order valence-corrected chi connectivity index (χ3v) is 5.41. The van der Waals surface area contributed by atoms with Crippen molar-refractivity contribution in [2.45, 2.75) is 26.3 Å². The van der Waals surface area contributed by atoms with Crippen LogP contribution in [-0.2, 0) is 6.42 Å². The maximum atomic E-state index is 13.9. The molecule has 0 aliphatic rings. The lowest BCUT2D eigenvalue weighted by molar-refractivity contribution is 0.570. The van der Waals surface area contributed by atoms with Gasteiger partial charge in [-0.1, -0.05) is 18.5 Å². The number of hydrogen-bond acceptors (Lipinski definition) is 5. The summed E-state index contributed by atoms with van der Waals surface area (Å²) in [5.74, 6) is -1.65. The second kappa shape index (κ2) is 7.51. The zero-order chi connectivity index (χ0) is 18.8. The Kier molecular flexibility index (Phi) is 5.33. The van der Waals surface area contributed by atoms with E-state index in [9.17, 15) is 13.6 Å². The van der Waals surface area contributed by atoms with Gasteiger partial charge in [0.15, 0.2) is 5.82 Å². The number of aryl methyl sites for hydroxylation is 1. The Morgan fingerprint density at radius 2 is 2.12 bits per heavy atom. The van der Waals surface area contributed by atoms with Gasteiger partial charge >= 0.3 is 0 Å². The molecule has 0 spiro atoms. The van der Waals surface area contributed by atoms with Crippen molar-refractivity contribution in [2.24, 2.45) is 0 Å². The maximum absolute atomic E-state index is 13.9. The Hall–Kier alpha value is -2.32. The van der Waals surface area contributed by atoms with E-state index in [0.29, 0.717) is 11.8 Å². The molecular formula is C17H15ClF2N4OS. The largest absolute Gasteiger partial charge is 0.373 e. The molecule has 26 heavy (non-hydrogen) atoms. The first-order valence-corrected chi connectivity index (χ1v) is 9.04. The third kappa shape index (κ3) is 3.61. The van der Waals surface area contributed by atoms with Gasteiger partial charge in [-0.05, 0) is 25.5 Å². The van der Waals surface area contributed by atoms with Crippen molar-refractivity contribution < 1.29 is 8.78 Å². The summed E-state index contributed by atoms with van der Waals surface area (Å²) in [6, 6.07) is 2.67. The fourth-order valence-electron chi connectivity index (χ4n) is 2.34. The molecule has 9 heteroatoms. The Labute approximate surface area is 157 Å². The molecule has 2 heterocycles. The fraction of sp³-hybridized carbons (Fsp3) is 0.235. The quantitative estimate of drug-likeness (QED) is 0.696. The maximum Gasteiger partial charge on any atom is 0.292 e. The van der Waals surface area contributed by atoms with Crippen LogP contribution >= 0.6 is 22.9 Å². The van der Waals surface area contributed by atoms with Gasteiger partial charge in [-0.15, -0.1) is 11.3 Å². The van der Waals surface area contributed by atoms with Crippen LogP contribution in [0.4, 0.5) is 14.5 Å².